The summed E-state index contributed by atoms with van der Waals surface area (Å²) in [6.07, 6.45) is 0. The van der Waals surface area contributed by atoms with Gasteiger partial charge < -0.3 is 10.1 Å². The molecule has 0 fully saturated rings. The fourth-order valence-corrected chi connectivity index (χ4v) is 2.17. The van der Waals surface area contributed by atoms with Gasteiger partial charge in [-0.1, -0.05) is 38.1 Å². The normalized spacial score (nSPS) is 10.9. The highest BCUT2D eigenvalue weighted by atomic mass is 16.5. The molecule has 4 nitrogen and oxygen atoms in total. The van der Waals surface area contributed by atoms with Gasteiger partial charge in [-0.2, -0.15) is 0 Å². The summed E-state index contributed by atoms with van der Waals surface area (Å²) in [6, 6.07) is 10.3. The average Bonchev–Trinajstić information content (AvgIpc) is 2.46. The molecule has 0 aliphatic heterocycles. The maximum atomic E-state index is 5.23. The first-order valence-electron chi connectivity index (χ1n) is 7.25. The molecule has 0 spiro atoms. The summed E-state index contributed by atoms with van der Waals surface area (Å²) in [7, 11) is 1.71. The van der Waals surface area contributed by atoms with Gasteiger partial charge in [0.15, 0.2) is 0 Å². The van der Waals surface area contributed by atoms with Crippen molar-refractivity contribution in [3.63, 3.8) is 0 Å². The molecule has 1 aromatic carbocycles. The molecule has 0 bridgehead atoms. The number of hydrogen-bond acceptors (Lipinski definition) is 4. The van der Waals surface area contributed by atoms with Crippen LogP contribution in [0.15, 0.2) is 30.3 Å². The molecule has 0 aliphatic carbocycles. The van der Waals surface area contributed by atoms with Gasteiger partial charge in [0.05, 0.1) is 6.61 Å². The number of anilines is 1. The van der Waals surface area contributed by atoms with E-state index in [4.69, 9.17) is 4.74 Å². The van der Waals surface area contributed by atoms with E-state index in [0.717, 1.165) is 11.4 Å². The second kappa shape index (κ2) is 7.18. The van der Waals surface area contributed by atoms with E-state index in [0.29, 0.717) is 25.0 Å². The number of aryl methyl sites for hydroxylation is 1. The lowest BCUT2D eigenvalue weighted by Crippen LogP contribution is -2.08. The van der Waals surface area contributed by atoms with Gasteiger partial charge in [-0.3, -0.25) is 0 Å². The Balaban J connectivity index is 2.13. The van der Waals surface area contributed by atoms with Gasteiger partial charge in [-0.05, 0) is 30.0 Å². The molecule has 1 aromatic heterocycles. The molecule has 0 aliphatic rings. The van der Waals surface area contributed by atoms with Crippen molar-refractivity contribution in [1.82, 2.24) is 9.97 Å². The number of methoxy groups -OCH3 is 1. The largest absolute Gasteiger partial charge is 0.380 e. The van der Waals surface area contributed by atoms with Gasteiger partial charge in [0.2, 0.25) is 5.95 Å². The van der Waals surface area contributed by atoms with Crippen LogP contribution >= 0.6 is 0 Å². The monoisotopic (exact) mass is 285 g/mol. The van der Waals surface area contributed by atoms with Crippen LogP contribution in [-0.2, 0) is 17.9 Å². The maximum Gasteiger partial charge on any atom is 0.223 e. The van der Waals surface area contributed by atoms with Gasteiger partial charge in [0.25, 0.3) is 0 Å². The second-order valence-corrected chi connectivity index (χ2v) is 5.47. The number of nitrogens with one attached hydrogen (secondary N) is 1. The van der Waals surface area contributed by atoms with E-state index in [1.807, 2.05) is 25.1 Å². The lowest BCUT2D eigenvalue weighted by molar-refractivity contribution is 0.184. The zero-order valence-electron chi connectivity index (χ0n) is 13.2. The fraction of sp³-hybridized carbons (Fsp3) is 0.412. The summed E-state index contributed by atoms with van der Waals surface area (Å²) in [4.78, 5) is 9.02. The van der Waals surface area contributed by atoms with Crippen LogP contribution < -0.4 is 5.32 Å². The highest BCUT2D eigenvalue weighted by Gasteiger charge is 2.07. The number of nitrogens with zero attached hydrogens (tertiary/aromatic N) is 2. The van der Waals surface area contributed by atoms with E-state index in [-0.39, 0.29) is 0 Å². The third-order valence-electron chi connectivity index (χ3n) is 3.32. The van der Waals surface area contributed by atoms with Crippen molar-refractivity contribution in [3.05, 3.63) is 52.8 Å². The van der Waals surface area contributed by atoms with Crippen LogP contribution in [0.25, 0.3) is 0 Å². The zero-order chi connectivity index (χ0) is 15.2. The van der Waals surface area contributed by atoms with Crippen LogP contribution in [-0.4, -0.2) is 17.1 Å². The van der Waals surface area contributed by atoms with Crippen LogP contribution in [0, 0.1) is 6.92 Å². The molecule has 1 heterocycles. The Morgan fingerprint density at radius 1 is 1.14 bits per heavy atom. The van der Waals surface area contributed by atoms with E-state index >= 15 is 0 Å². The molecule has 2 rings (SSSR count). The average molecular weight is 285 g/mol. The minimum Gasteiger partial charge on any atom is -0.380 e. The lowest BCUT2D eigenvalue weighted by atomic mass is 10.1. The summed E-state index contributed by atoms with van der Waals surface area (Å²) in [5.41, 5.74) is 4.44. The van der Waals surface area contributed by atoms with E-state index in [9.17, 15) is 0 Å². The number of benzene rings is 1. The van der Waals surface area contributed by atoms with Crippen molar-refractivity contribution in [1.29, 1.82) is 0 Å². The van der Waals surface area contributed by atoms with Crippen LogP contribution in [0.1, 0.15) is 42.3 Å². The molecule has 0 saturated heterocycles. The SMILES string of the molecule is COCc1ccccc1CNc1nc(C)cc(C(C)C)n1. The third kappa shape index (κ3) is 4.26. The zero-order valence-corrected chi connectivity index (χ0v) is 13.2. The molecule has 0 radical (unpaired) electrons. The van der Waals surface area contributed by atoms with Crippen LogP contribution in [0.5, 0.6) is 0 Å². The molecule has 0 atom stereocenters. The predicted octanol–water partition coefficient (Wildman–Crippen LogP) is 3.67. The number of rotatable bonds is 6. The Morgan fingerprint density at radius 3 is 2.52 bits per heavy atom. The Kier molecular flexibility index (Phi) is 5.28. The molecule has 0 saturated carbocycles. The van der Waals surface area contributed by atoms with E-state index in [1.165, 1.54) is 11.1 Å². The first kappa shape index (κ1) is 15.4. The van der Waals surface area contributed by atoms with E-state index < -0.39 is 0 Å². The van der Waals surface area contributed by atoms with Gasteiger partial charge in [0, 0.05) is 25.0 Å². The van der Waals surface area contributed by atoms with Crippen molar-refractivity contribution >= 4 is 5.95 Å². The molecule has 2 aromatic rings. The Morgan fingerprint density at radius 2 is 1.86 bits per heavy atom. The van der Waals surface area contributed by atoms with E-state index in [1.54, 1.807) is 7.11 Å². The van der Waals surface area contributed by atoms with Crippen molar-refractivity contribution in [2.45, 2.75) is 39.8 Å². The Hall–Kier alpha value is -1.94. The lowest BCUT2D eigenvalue weighted by Gasteiger charge is -2.12. The van der Waals surface area contributed by atoms with Gasteiger partial charge >= 0.3 is 0 Å². The van der Waals surface area contributed by atoms with Crippen molar-refractivity contribution < 1.29 is 4.74 Å². The molecule has 0 amide bonds. The summed E-state index contributed by atoms with van der Waals surface area (Å²) < 4.78 is 5.23. The first-order valence-corrected chi connectivity index (χ1v) is 7.25. The standard InChI is InChI=1S/C17H23N3O/c1-12(2)16-9-13(3)19-17(20-16)18-10-14-7-5-6-8-15(14)11-21-4/h5-9,12H,10-11H2,1-4H3,(H,18,19,20). The van der Waals surface area contributed by atoms with Gasteiger partial charge in [-0.15, -0.1) is 0 Å². The molecular weight excluding hydrogens is 262 g/mol. The summed E-state index contributed by atoms with van der Waals surface area (Å²) in [5.74, 6) is 1.08. The van der Waals surface area contributed by atoms with Gasteiger partial charge in [0.1, 0.15) is 0 Å². The summed E-state index contributed by atoms with van der Waals surface area (Å²) in [5, 5.41) is 3.32. The van der Waals surface area contributed by atoms with Crippen molar-refractivity contribution in [3.8, 4) is 0 Å². The number of ether oxygens (including phenoxy) is 1. The third-order valence-corrected chi connectivity index (χ3v) is 3.32. The van der Waals surface area contributed by atoms with E-state index in [2.05, 4.69) is 41.3 Å². The Labute approximate surface area is 126 Å². The minimum absolute atomic E-state index is 0.396. The Bertz CT molecular complexity index is 596. The van der Waals surface area contributed by atoms with Crippen LogP contribution in [0.3, 0.4) is 0 Å². The van der Waals surface area contributed by atoms with Crippen molar-refractivity contribution in [2.24, 2.45) is 0 Å². The quantitative estimate of drug-likeness (QED) is 0.879. The molecule has 1 N–H and O–H groups in total. The van der Waals surface area contributed by atoms with Crippen LogP contribution in [0.2, 0.25) is 0 Å². The first-order chi connectivity index (χ1) is 10.1. The highest BCUT2D eigenvalue weighted by molar-refractivity contribution is 5.34. The molecule has 0 unspecified atom stereocenters. The predicted molar refractivity (Wildman–Crippen MR) is 85.3 cm³/mol. The topological polar surface area (TPSA) is 47.0 Å². The number of hydrogen-bond donors (Lipinski definition) is 1. The molecule has 4 heteroatoms. The second-order valence-electron chi connectivity index (χ2n) is 5.47. The fourth-order valence-electron chi connectivity index (χ4n) is 2.17. The molecule has 112 valence electrons. The van der Waals surface area contributed by atoms with Crippen molar-refractivity contribution in [2.75, 3.05) is 12.4 Å². The summed E-state index contributed by atoms with van der Waals surface area (Å²) >= 11 is 0. The smallest absolute Gasteiger partial charge is 0.223 e. The minimum atomic E-state index is 0.396. The highest BCUT2D eigenvalue weighted by Crippen LogP contribution is 2.16. The maximum absolute atomic E-state index is 5.23. The number of aromatic nitrogens is 2. The molecular formula is C17H23N3O. The summed E-state index contributed by atoms with van der Waals surface area (Å²) in [6.45, 7) is 7.58. The molecule has 21 heavy (non-hydrogen) atoms. The van der Waals surface area contributed by atoms with Gasteiger partial charge in [-0.25, -0.2) is 9.97 Å². The van der Waals surface area contributed by atoms with Crippen LogP contribution in [0.4, 0.5) is 5.95 Å².